The SMILES string of the molecule is CN=C(NCc1cc(F)ccc1SC)N1CCN(c2ncccn2)CC1.I. The predicted octanol–water partition coefficient (Wildman–Crippen LogP) is 2.85. The molecule has 2 aromatic rings. The number of benzene rings is 1. The third kappa shape index (κ3) is 5.68. The first-order chi connectivity index (χ1) is 12.7. The first-order valence-electron chi connectivity index (χ1n) is 8.51. The number of guanidine groups is 1. The van der Waals surface area contributed by atoms with Crippen molar-refractivity contribution in [2.45, 2.75) is 11.4 Å². The molecule has 1 aliphatic rings. The molecule has 2 heterocycles. The highest BCUT2D eigenvalue weighted by Gasteiger charge is 2.21. The fourth-order valence-electron chi connectivity index (χ4n) is 2.96. The van der Waals surface area contributed by atoms with Gasteiger partial charge in [-0.25, -0.2) is 14.4 Å². The molecular weight excluding hydrogens is 478 g/mol. The normalized spacial score (nSPS) is 14.7. The number of piperazine rings is 1. The summed E-state index contributed by atoms with van der Waals surface area (Å²) >= 11 is 1.62. The monoisotopic (exact) mass is 502 g/mol. The summed E-state index contributed by atoms with van der Waals surface area (Å²) in [6.45, 7) is 3.87. The van der Waals surface area contributed by atoms with Gasteiger partial charge in [0.25, 0.3) is 0 Å². The lowest BCUT2D eigenvalue weighted by Gasteiger charge is -2.36. The third-order valence-corrected chi connectivity index (χ3v) is 5.14. The fraction of sp³-hybridized carbons (Fsp3) is 0.389. The number of aliphatic imine (C=N–C) groups is 1. The van der Waals surface area contributed by atoms with Crippen LogP contribution in [0.3, 0.4) is 0 Å². The topological polar surface area (TPSA) is 56.7 Å². The molecule has 27 heavy (non-hydrogen) atoms. The summed E-state index contributed by atoms with van der Waals surface area (Å²) in [5.74, 6) is 1.38. The maximum atomic E-state index is 13.6. The van der Waals surface area contributed by atoms with E-state index < -0.39 is 0 Å². The number of nitrogens with one attached hydrogen (secondary N) is 1. The molecule has 1 aromatic heterocycles. The van der Waals surface area contributed by atoms with Gasteiger partial charge in [0, 0.05) is 57.1 Å². The van der Waals surface area contributed by atoms with E-state index in [9.17, 15) is 4.39 Å². The van der Waals surface area contributed by atoms with Crippen molar-refractivity contribution in [3.63, 3.8) is 0 Å². The Labute approximate surface area is 180 Å². The first kappa shape index (κ1) is 21.7. The van der Waals surface area contributed by atoms with E-state index in [4.69, 9.17) is 0 Å². The van der Waals surface area contributed by atoms with Gasteiger partial charge in [-0.05, 0) is 36.1 Å². The van der Waals surface area contributed by atoms with Crippen molar-refractivity contribution in [2.75, 3.05) is 44.4 Å². The van der Waals surface area contributed by atoms with Gasteiger partial charge < -0.3 is 15.1 Å². The van der Waals surface area contributed by atoms with Crippen LogP contribution in [0.15, 0.2) is 46.5 Å². The predicted molar refractivity (Wildman–Crippen MR) is 120 cm³/mol. The molecule has 1 aromatic carbocycles. The van der Waals surface area contributed by atoms with Gasteiger partial charge in [0.2, 0.25) is 5.95 Å². The zero-order chi connectivity index (χ0) is 18.4. The average molecular weight is 502 g/mol. The van der Waals surface area contributed by atoms with Crippen molar-refractivity contribution in [3.05, 3.63) is 48.0 Å². The molecule has 0 unspecified atom stereocenters. The third-order valence-electron chi connectivity index (χ3n) is 4.31. The molecule has 1 saturated heterocycles. The van der Waals surface area contributed by atoms with Gasteiger partial charge >= 0.3 is 0 Å². The van der Waals surface area contributed by atoms with E-state index in [1.165, 1.54) is 6.07 Å². The zero-order valence-electron chi connectivity index (χ0n) is 15.4. The van der Waals surface area contributed by atoms with Crippen LogP contribution in [0.1, 0.15) is 5.56 Å². The van der Waals surface area contributed by atoms with Crippen molar-refractivity contribution >= 4 is 47.6 Å². The van der Waals surface area contributed by atoms with Crippen LogP contribution in [0.25, 0.3) is 0 Å². The number of hydrogen-bond acceptors (Lipinski definition) is 5. The standard InChI is InChI=1S/C18H23FN6S.HI/c1-20-17(23-13-14-12-15(19)4-5-16(14)26-2)24-8-10-25(11-9-24)18-21-6-3-7-22-18;/h3-7,12H,8-11,13H2,1-2H3,(H,20,23);1H. The lowest BCUT2D eigenvalue weighted by Crippen LogP contribution is -2.52. The van der Waals surface area contributed by atoms with E-state index in [-0.39, 0.29) is 29.8 Å². The zero-order valence-corrected chi connectivity index (χ0v) is 18.6. The Hall–Kier alpha value is -1.62. The van der Waals surface area contributed by atoms with E-state index in [0.29, 0.717) is 6.54 Å². The van der Waals surface area contributed by atoms with E-state index >= 15 is 0 Å². The van der Waals surface area contributed by atoms with Crippen LogP contribution < -0.4 is 10.2 Å². The molecule has 0 radical (unpaired) electrons. The molecular formula is C18H24FIN6S. The van der Waals surface area contributed by atoms with Crippen LogP contribution in [-0.4, -0.2) is 60.3 Å². The number of rotatable bonds is 4. The maximum absolute atomic E-state index is 13.6. The highest BCUT2D eigenvalue weighted by Crippen LogP contribution is 2.21. The molecule has 1 fully saturated rings. The van der Waals surface area contributed by atoms with Crippen LogP contribution in [0.4, 0.5) is 10.3 Å². The molecule has 9 heteroatoms. The van der Waals surface area contributed by atoms with Crippen molar-refractivity contribution < 1.29 is 4.39 Å². The summed E-state index contributed by atoms with van der Waals surface area (Å²) in [7, 11) is 1.77. The second kappa shape index (κ2) is 10.6. The second-order valence-corrected chi connectivity index (χ2v) is 6.73. The minimum atomic E-state index is -0.217. The number of anilines is 1. The summed E-state index contributed by atoms with van der Waals surface area (Å²) in [5.41, 5.74) is 0.940. The van der Waals surface area contributed by atoms with Gasteiger partial charge in [0.1, 0.15) is 5.82 Å². The minimum Gasteiger partial charge on any atom is -0.352 e. The van der Waals surface area contributed by atoms with Crippen LogP contribution in [-0.2, 0) is 6.54 Å². The Morgan fingerprint density at radius 3 is 2.56 bits per heavy atom. The number of thioether (sulfide) groups is 1. The molecule has 1 N–H and O–H groups in total. The fourth-order valence-corrected chi connectivity index (χ4v) is 3.56. The number of hydrogen-bond donors (Lipinski definition) is 1. The Bertz CT molecular complexity index is 753. The summed E-state index contributed by atoms with van der Waals surface area (Å²) in [6.07, 6.45) is 5.52. The van der Waals surface area contributed by atoms with Crippen LogP contribution in [0.2, 0.25) is 0 Å². The minimum absolute atomic E-state index is 0. The van der Waals surface area contributed by atoms with Crippen LogP contribution in [0.5, 0.6) is 0 Å². The molecule has 0 amide bonds. The Morgan fingerprint density at radius 1 is 1.22 bits per heavy atom. The van der Waals surface area contributed by atoms with E-state index in [2.05, 4.69) is 30.1 Å². The summed E-state index contributed by atoms with van der Waals surface area (Å²) < 4.78 is 13.6. The van der Waals surface area contributed by atoms with Gasteiger partial charge in [-0.3, -0.25) is 4.99 Å². The van der Waals surface area contributed by atoms with Gasteiger partial charge in [0.05, 0.1) is 0 Å². The Balaban J connectivity index is 0.00000261. The molecule has 3 rings (SSSR count). The van der Waals surface area contributed by atoms with Gasteiger partial charge in [-0.15, -0.1) is 35.7 Å². The summed E-state index contributed by atoms with van der Waals surface area (Å²) in [4.78, 5) is 18.4. The Kier molecular flexibility index (Phi) is 8.55. The number of halogens is 2. The summed E-state index contributed by atoms with van der Waals surface area (Å²) in [5, 5.41) is 3.36. The second-order valence-electron chi connectivity index (χ2n) is 5.88. The summed E-state index contributed by atoms with van der Waals surface area (Å²) in [6, 6.07) is 6.71. The lowest BCUT2D eigenvalue weighted by atomic mass is 10.2. The van der Waals surface area contributed by atoms with E-state index in [1.807, 2.05) is 18.4 Å². The number of aromatic nitrogens is 2. The highest BCUT2D eigenvalue weighted by atomic mass is 127. The largest absolute Gasteiger partial charge is 0.352 e. The molecule has 0 atom stereocenters. The average Bonchev–Trinajstić information content (AvgIpc) is 2.70. The molecule has 0 aliphatic carbocycles. The van der Waals surface area contributed by atoms with E-state index in [1.54, 1.807) is 37.3 Å². The molecule has 146 valence electrons. The van der Waals surface area contributed by atoms with Crippen molar-refractivity contribution in [2.24, 2.45) is 4.99 Å². The lowest BCUT2D eigenvalue weighted by molar-refractivity contribution is 0.370. The maximum Gasteiger partial charge on any atom is 0.225 e. The van der Waals surface area contributed by atoms with Gasteiger partial charge in [-0.1, -0.05) is 0 Å². The van der Waals surface area contributed by atoms with Crippen molar-refractivity contribution in [1.82, 2.24) is 20.2 Å². The van der Waals surface area contributed by atoms with Crippen molar-refractivity contribution in [1.29, 1.82) is 0 Å². The van der Waals surface area contributed by atoms with E-state index in [0.717, 1.165) is 48.5 Å². The Morgan fingerprint density at radius 2 is 1.93 bits per heavy atom. The molecule has 0 bridgehead atoms. The van der Waals surface area contributed by atoms with Gasteiger partial charge in [-0.2, -0.15) is 0 Å². The number of nitrogens with zero attached hydrogens (tertiary/aromatic N) is 5. The van der Waals surface area contributed by atoms with Crippen molar-refractivity contribution in [3.8, 4) is 0 Å². The molecule has 0 saturated carbocycles. The quantitative estimate of drug-likeness (QED) is 0.301. The molecule has 6 nitrogen and oxygen atoms in total. The van der Waals surface area contributed by atoms with Crippen LogP contribution in [0, 0.1) is 5.82 Å². The first-order valence-corrected chi connectivity index (χ1v) is 9.73. The van der Waals surface area contributed by atoms with Gasteiger partial charge in [0.15, 0.2) is 5.96 Å². The smallest absolute Gasteiger partial charge is 0.225 e. The molecule has 0 spiro atoms. The van der Waals surface area contributed by atoms with Crippen LogP contribution >= 0.6 is 35.7 Å². The molecule has 1 aliphatic heterocycles. The highest BCUT2D eigenvalue weighted by molar-refractivity contribution is 14.0.